The van der Waals surface area contributed by atoms with Crippen LogP contribution in [0.3, 0.4) is 0 Å². The molecule has 4 N–H and O–H groups in total. The first-order valence-electron chi connectivity index (χ1n) is 22.5. The number of allylic oxidation sites excluding steroid dienone is 2. The minimum atomic E-state index is -0.552. The Morgan fingerprint density at radius 3 is 1.41 bits per heavy atom. The van der Waals surface area contributed by atoms with E-state index in [1.54, 1.807) is 33.4 Å². The van der Waals surface area contributed by atoms with Crippen molar-refractivity contribution in [2.24, 2.45) is 23.7 Å². The molecular formula is C50H60F2N6O6. The lowest BCUT2D eigenvalue weighted by molar-refractivity contribution is -0.128. The average molecular weight is 879 g/mol. The number of nitrogens with zero attached hydrogens (tertiary/aromatic N) is 4. The molecule has 0 bridgehead atoms. The van der Waals surface area contributed by atoms with Crippen LogP contribution in [-0.2, 0) is 35.8 Å². The summed E-state index contributed by atoms with van der Waals surface area (Å²) in [5.74, 6) is -1.73. The third kappa shape index (κ3) is 9.06. The molecule has 0 radical (unpaired) electrons. The minimum Gasteiger partial charge on any atom is -0.396 e. The van der Waals surface area contributed by atoms with E-state index in [1.807, 2.05) is 86.0 Å². The highest BCUT2D eigenvalue weighted by atomic mass is 19.1. The fourth-order valence-corrected chi connectivity index (χ4v) is 10.6. The van der Waals surface area contributed by atoms with Gasteiger partial charge < -0.3 is 30.0 Å². The predicted octanol–water partition coefficient (Wildman–Crippen LogP) is 5.42. The predicted molar refractivity (Wildman–Crippen MR) is 242 cm³/mol. The lowest BCUT2D eigenvalue weighted by Gasteiger charge is -2.31. The summed E-state index contributed by atoms with van der Waals surface area (Å²) in [6.07, 6.45) is 8.87. The number of nitrogens with one attached hydrogen (secondary N) is 2. The Balaban J connectivity index is 0.000000191. The second-order valence-electron chi connectivity index (χ2n) is 17.2. The van der Waals surface area contributed by atoms with Crippen LogP contribution < -0.4 is 21.8 Å². The summed E-state index contributed by atoms with van der Waals surface area (Å²) < 4.78 is 31.3. The maximum atomic E-state index is 13.9. The molecule has 14 heteroatoms. The number of aromatic nitrogens is 2. The second-order valence-corrected chi connectivity index (χ2v) is 17.2. The number of fused-ring (bicyclic) bond motifs is 6. The van der Waals surface area contributed by atoms with Gasteiger partial charge in [-0.25, -0.2) is 8.78 Å². The van der Waals surface area contributed by atoms with Crippen molar-refractivity contribution < 1.29 is 28.6 Å². The molecule has 2 saturated heterocycles. The van der Waals surface area contributed by atoms with E-state index in [1.165, 1.54) is 24.3 Å². The molecule has 4 aliphatic heterocycles. The van der Waals surface area contributed by atoms with Crippen molar-refractivity contribution in [2.45, 2.75) is 90.9 Å². The number of likely N-dealkylation sites (tertiary alicyclic amines) is 2. The Hall–Kier alpha value is -5.54. The van der Waals surface area contributed by atoms with E-state index in [0.717, 1.165) is 35.4 Å². The third-order valence-corrected chi connectivity index (χ3v) is 13.3. The van der Waals surface area contributed by atoms with Crippen molar-refractivity contribution in [1.29, 1.82) is 0 Å². The van der Waals surface area contributed by atoms with E-state index >= 15 is 0 Å². The van der Waals surface area contributed by atoms with Gasteiger partial charge in [0.25, 0.3) is 11.1 Å². The highest BCUT2D eigenvalue weighted by molar-refractivity contribution is 5.83. The van der Waals surface area contributed by atoms with Crippen LogP contribution in [0.2, 0.25) is 0 Å². The Morgan fingerprint density at radius 1 is 0.656 bits per heavy atom. The van der Waals surface area contributed by atoms with Gasteiger partial charge in [0.05, 0.1) is 24.2 Å². The highest BCUT2D eigenvalue weighted by Gasteiger charge is 2.57. The fourth-order valence-electron chi connectivity index (χ4n) is 10.6. The van der Waals surface area contributed by atoms with Gasteiger partial charge in [-0.2, -0.15) is 0 Å². The molecule has 2 fully saturated rings. The van der Waals surface area contributed by atoms with Crippen molar-refractivity contribution in [3.63, 3.8) is 0 Å². The number of aliphatic hydroxyl groups is 2. The van der Waals surface area contributed by atoms with Crippen LogP contribution in [0, 0.1) is 35.3 Å². The van der Waals surface area contributed by atoms with Gasteiger partial charge in [0, 0.05) is 98.7 Å². The smallest absolute Gasteiger partial charge is 0.258 e. The lowest BCUT2D eigenvalue weighted by Crippen LogP contribution is -2.48. The van der Waals surface area contributed by atoms with E-state index in [-0.39, 0.29) is 83.5 Å². The van der Waals surface area contributed by atoms with Crippen LogP contribution in [0.25, 0.3) is 12.2 Å². The number of aliphatic hydroxyl groups excluding tert-OH is 2. The molecule has 4 aliphatic rings. The molecule has 6 heterocycles. The van der Waals surface area contributed by atoms with Crippen molar-refractivity contribution in [2.75, 3.05) is 26.3 Å². The highest BCUT2D eigenvalue weighted by Crippen LogP contribution is 2.51. The molecule has 0 unspecified atom stereocenters. The van der Waals surface area contributed by atoms with Crippen LogP contribution in [-0.4, -0.2) is 79.3 Å². The van der Waals surface area contributed by atoms with Crippen LogP contribution in [0.15, 0.2) is 94.5 Å². The van der Waals surface area contributed by atoms with Gasteiger partial charge in [-0.1, -0.05) is 62.4 Å². The summed E-state index contributed by atoms with van der Waals surface area (Å²) in [6.45, 7) is 10.1. The Kier molecular flexibility index (Phi) is 14.9. The van der Waals surface area contributed by atoms with Gasteiger partial charge in [-0.3, -0.25) is 29.0 Å². The largest absolute Gasteiger partial charge is 0.396 e. The zero-order valence-corrected chi connectivity index (χ0v) is 37.0. The summed E-state index contributed by atoms with van der Waals surface area (Å²) in [4.78, 5) is 56.5. The van der Waals surface area contributed by atoms with E-state index in [0.29, 0.717) is 50.4 Å². The number of hydrogen-bond donors (Lipinski definition) is 4. The van der Waals surface area contributed by atoms with Gasteiger partial charge in [0.15, 0.2) is 0 Å². The summed E-state index contributed by atoms with van der Waals surface area (Å²) in [5, 5.41) is 26.6. The molecule has 8 atom stereocenters. The third-order valence-electron chi connectivity index (χ3n) is 13.3. The van der Waals surface area contributed by atoms with Crippen LogP contribution in [0.4, 0.5) is 8.78 Å². The normalized spacial score (nSPS) is 24.6. The Labute approximate surface area is 372 Å². The molecule has 0 aliphatic carbocycles. The number of rotatable bonds is 14. The van der Waals surface area contributed by atoms with Gasteiger partial charge in [-0.05, 0) is 86.3 Å². The monoisotopic (exact) mass is 878 g/mol. The van der Waals surface area contributed by atoms with Crippen LogP contribution in [0.1, 0.15) is 86.3 Å². The number of carbonyl (C=O) groups is 2. The van der Waals surface area contributed by atoms with Crippen LogP contribution in [0.5, 0.6) is 0 Å². The van der Waals surface area contributed by atoms with Crippen LogP contribution >= 0.6 is 0 Å². The minimum absolute atomic E-state index is 0.0654. The summed E-state index contributed by atoms with van der Waals surface area (Å²) >= 11 is 0. The summed E-state index contributed by atoms with van der Waals surface area (Å²) in [6, 6.07) is 18.7. The number of hydrogen-bond acceptors (Lipinski definition) is 8. The van der Waals surface area contributed by atoms with E-state index in [9.17, 15) is 38.2 Å². The molecular weight excluding hydrogens is 819 g/mol. The molecule has 2 aromatic heterocycles. The molecule has 2 amide bonds. The van der Waals surface area contributed by atoms with Crippen molar-refractivity contribution in [3.05, 3.63) is 151 Å². The summed E-state index contributed by atoms with van der Waals surface area (Å²) in [7, 11) is 0. The maximum Gasteiger partial charge on any atom is 0.258 e. The van der Waals surface area contributed by atoms with Gasteiger partial charge in [0.2, 0.25) is 11.8 Å². The first kappa shape index (κ1) is 46.5. The Morgan fingerprint density at radius 2 is 1.06 bits per heavy atom. The van der Waals surface area contributed by atoms with Crippen molar-refractivity contribution >= 4 is 24.0 Å². The van der Waals surface area contributed by atoms with E-state index in [2.05, 4.69) is 10.6 Å². The molecule has 340 valence electrons. The molecule has 12 nitrogen and oxygen atoms in total. The maximum absolute atomic E-state index is 13.9. The number of halogens is 2. The molecule has 0 spiro atoms. The second kappa shape index (κ2) is 20.5. The number of carbonyl (C=O) groups excluding carboxylic acids is 2. The van der Waals surface area contributed by atoms with Gasteiger partial charge in [-0.15, -0.1) is 0 Å². The topological polar surface area (TPSA) is 149 Å². The first-order chi connectivity index (χ1) is 31.0. The van der Waals surface area contributed by atoms with E-state index in [4.69, 9.17) is 0 Å². The average Bonchev–Trinajstić information content (AvgIpc) is 4.02. The number of benzene rings is 2. The van der Waals surface area contributed by atoms with Gasteiger partial charge >= 0.3 is 0 Å². The number of amides is 2. The molecule has 2 aromatic carbocycles. The first-order valence-corrected chi connectivity index (χ1v) is 22.5. The lowest BCUT2D eigenvalue weighted by atomic mass is 9.88. The fraction of sp³-hybridized carbons (Fsp3) is 0.440. The van der Waals surface area contributed by atoms with Crippen molar-refractivity contribution in [1.82, 2.24) is 29.6 Å². The van der Waals surface area contributed by atoms with E-state index < -0.39 is 12.1 Å². The molecule has 64 heavy (non-hydrogen) atoms. The Bertz CT molecular complexity index is 2330. The zero-order valence-electron chi connectivity index (χ0n) is 37.0. The molecule has 8 rings (SSSR count). The molecule has 0 saturated carbocycles. The quantitative estimate of drug-likeness (QED) is 0.131. The van der Waals surface area contributed by atoms with Crippen molar-refractivity contribution in [3.8, 4) is 0 Å². The zero-order chi connectivity index (χ0) is 45.7. The molecule has 4 aromatic rings. The standard InChI is InChI=1S/2C25H30FN3O3/c2*1-3-6-17-9-10-21-22-19(14-28(21)25(17)32)20(15-30)23(24(31)27-11-4-2)29(22)13-16-7-5-8-18(26)12-16/h2*3,5-10,12,19-20,22-23,30H,4,11,13-15H2,1-2H3,(H,27,31)/t2*19-,20-,22+,23-/m11/s1. The number of pyridine rings is 2. The SMILES string of the molecule is CC=Cc1ccc2n(c1=O)C[C@@H]1[C@@H](CO)[C@H](C(=O)NCCC)N(Cc3cccc(F)c3)[C@H]21.CC=Cc1ccc2n(c1=O)C[C@@H]1[C@@H](CO)[C@H](C(=O)NCCC)N(Cc3cccc(F)c3)[C@H]21. The summed E-state index contributed by atoms with van der Waals surface area (Å²) in [5.41, 5.74) is 4.29. The van der Waals surface area contributed by atoms with Gasteiger partial charge in [0.1, 0.15) is 11.6 Å².